The molecule has 0 atom stereocenters. The monoisotopic (exact) mass is 387 g/mol. The largest absolute Gasteiger partial charge is 0.380 e. The molecule has 0 aliphatic carbocycles. The van der Waals surface area contributed by atoms with E-state index in [1.807, 2.05) is 6.07 Å². The molecule has 1 aromatic heterocycles. The van der Waals surface area contributed by atoms with Crippen molar-refractivity contribution in [1.29, 1.82) is 0 Å². The van der Waals surface area contributed by atoms with Crippen molar-refractivity contribution in [2.45, 2.75) is 6.92 Å². The molecule has 29 heavy (non-hydrogen) atoms. The van der Waals surface area contributed by atoms with Crippen molar-refractivity contribution in [2.75, 3.05) is 51.3 Å². The molecular weight excluding hydrogens is 358 g/mol. The lowest BCUT2D eigenvalue weighted by atomic mass is 10.0. The Morgan fingerprint density at radius 3 is 2.45 bits per heavy atom. The number of rotatable bonds is 6. The minimum absolute atomic E-state index is 0.559. The van der Waals surface area contributed by atoms with Gasteiger partial charge in [-0.25, -0.2) is 4.98 Å². The first-order chi connectivity index (χ1) is 14.3. The zero-order chi connectivity index (χ0) is 20.1. The van der Waals surface area contributed by atoms with Gasteiger partial charge in [0.15, 0.2) is 0 Å². The number of likely N-dealkylation sites (N-methyl/N-ethyl adjacent to an activating group) is 1. The lowest BCUT2D eigenvalue weighted by Gasteiger charge is -2.35. The first-order valence-corrected chi connectivity index (χ1v) is 10.4. The quantitative estimate of drug-likeness (QED) is 0.620. The smallest absolute Gasteiger partial charge is 0.137 e. The van der Waals surface area contributed by atoms with E-state index in [-0.39, 0.29) is 0 Å². The topological polar surface area (TPSA) is 28.6 Å². The van der Waals surface area contributed by atoms with E-state index < -0.39 is 0 Å². The number of methoxy groups -OCH3 is 1. The highest BCUT2D eigenvalue weighted by atomic mass is 16.5. The first-order valence-electron chi connectivity index (χ1n) is 10.4. The van der Waals surface area contributed by atoms with Crippen LogP contribution in [0.2, 0.25) is 0 Å². The summed E-state index contributed by atoms with van der Waals surface area (Å²) in [7, 11) is 1.74. The Morgan fingerprint density at radius 1 is 1.00 bits per heavy atom. The maximum Gasteiger partial charge on any atom is 0.137 e. The summed E-state index contributed by atoms with van der Waals surface area (Å²) in [6.45, 7) is 8.11. The molecule has 0 amide bonds. The van der Waals surface area contributed by atoms with Gasteiger partial charge in [-0.1, -0.05) is 61.5 Å². The summed E-state index contributed by atoms with van der Waals surface area (Å²) in [5.41, 5.74) is 3.28. The maximum absolute atomic E-state index is 5.48. The van der Waals surface area contributed by atoms with Crippen LogP contribution in [0.25, 0.3) is 22.4 Å². The second kappa shape index (κ2) is 9.21. The fraction of sp³-hybridized carbons (Fsp3) is 0.320. The lowest BCUT2D eigenvalue weighted by molar-refractivity contribution is 0.240. The SMILES string of the molecule is CCN1CCN(c2nc(C=C(COC)c3ccccc3)cc3ccccc23)CC1. The minimum Gasteiger partial charge on any atom is -0.380 e. The highest BCUT2D eigenvalue weighted by molar-refractivity contribution is 5.95. The van der Waals surface area contributed by atoms with Crippen LogP contribution in [-0.2, 0) is 4.74 Å². The molecule has 1 aliphatic heterocycles. The molecule has 4 rings (SSSR count). The van der Waals surface area contributed by atoms with Gasteiger partial charge in [0.05, 0.1) is 12.3 Å². The number of aromatic nitrogens is 1. The highest BCUT2D eigenvalue weighted by Gasteiger charge is 2.19. The molecule has 1 fully saturated rings. The Labute approximate surface area is 173 Å². The molecule has 2 aromatic carbocycles. The molecular formula is C25H29N3O. The van der Waals surface area contributed by atoms with Gasteiger partial charge in [0.1, 0.15) is 5.82 Å². The molecule has 0 saturated carbocycles. The van der Waals surface area contributed by atoms with Crippen LogP contribution in [-0.4, -0.2) is 56.3 Å². The number of fused-ring (bicyclic) bond motifs is 1. The Hall–Kier alpha value is -2.69. The molecule has 0 unspecified atom stereocenters. The van der Waals surface area contributed by atoms with Gasteiger partial charge in [-0.3, -0.25) is 0 Å². The third kappa shape index (κ3) is 4.50. The van der Waals surface area contributed by atoms with E-state index in [9.17, 15) is 0 Å². The van der Waals surface area contributed by atoms with Crippen LogP contribution in [0.3, 0.4) is 0 Å². The summed E-state index contributed by atoms with van der Waals surface area (Å²) in [6, 6.07) is 21.1. The first kappa shape index (κ1) is 19.6. The second-order valence-electron chi connectivity index (χ2n) is 7.48. The summed E-state index contributed by atoms with van der Waals surface area (Å²) in [5, 5.41) is 2.45. The van der Waals surface area contributed by atoms with E-state index in [1.54, 1.807) is 7.11 Å². The summed E-state index contributed by atoms with van der Waals surface area (Å²) in [5.74, 6) is 1.09. The van der Waals surface area contributed by atoms with Gasteiger partial charge >= 0.3 is 0 Å². The third-order valence-corrected chi connectivity index (χ3v) is 5.63. The van der Waals surface area contributed by atoms with Gasteiger partial charge in [-0.15, -0.1) is 0 Å². The van der Waals surface area contributed by atoms with Crippen LogP contribution < -0.4 is 4.90 Å². The van der Waals surface area contributed by atoms with Crippen LogP contribution in [0.5, 0.6) is 0 Å². The van der Waals surface area contributed by atoms with Gasteiger partial charge in [-0.05, 0) is 35.2 Å². The minimum atomic E-state index is 0.559. The van der Waals surface area contributed by atoms with Crippen molar-refractivity contribution in [2.24, 2.45) is 0 Å². The number of piperazine rings is 1. The van der Waals surface area contributed by atoms with Crippen molar-refractivity contribution >= 4 is 28.2 Å². The Kier molecular flexibility index (Phi) is 6.23. The molecule has 1 aliphatic rings. The summed E-state index contributed by atoms with van der Waals surface area (Å²) in [6.07, 6.45) is 2.16. The zero-order valence-corrected chi connectivity index (χ0v) is 17.3. The summed E-state index contributed by atoms with van der Waals surface area (Å²) < 4.78 is 5.48. The fourth-order valence-electron chi connectivity index (χ4n) is 3.99. The predicted octanol–water partition coefficient (Wildman–Crippen LogP) is 4.56. The van der Waals surface area contributed by atoms with Crippen molar-refractivity contribution in [3.63, 3.8) is 0 Å². The number of hydrogen-bond donors (Lipinski definition) is 0. The molecule has 3 aromatic rings. The van der Waals surface area contributed by atoms with E-state index in [4.69, 9.17) is 9.72 Å². The van der Waals surface area contributed by atoms with Crippen molar-refractivity contribution in [3.05, 3.63) is 71.9 Å². The molecule has 1 saturated heterocycles. The molecule has 4 heteroatoms. The van der Waals surface area contributed by atoms with Crippen molar-refractivity contribution in [1.82, 2.24) is 9.88 Å². The van der Waals surface area contributed by atoms with Crippen LogP contribution in [0, 0.1) is 0 Å². The molecule has 0 radical (unpaired) electrons. The van der Waals surface area contributed by atoms with E-state index in [2.05, 4.69) is 77.4 Å². The maximum atomic E-state index is 5.48. The van der Waals surface area contributed by atoms with Crippen LogP contribution >= 0.6 is 0 Å². The van der Waals surface area contributed by atoms with Crippen LogP contribution in [0.4, 0.5) is 5.82 Å². The average Bonchev–Trinajstić information content (AvgIpc) is 2.79. The Balaban J connectivity index is 1.75. The lowest BCUT2D eigenvalue weighted by Crippen LogP contribution is -2.46. The summed E-state index contributed by atoms with van der Waals surface area (Å²) >= 11 is 0. The molecule has 2 heterocycles. The average molecular weight is 388 g/mol. The number of hydrogen-bond acceptors (Lipinski definition) is 4. The molecule has 0 N–H and O–H groups in total. The molecule has 4 nitrogen and oxygen atoms in total. The number of anilines is 1. The fourth-order valence-corrected chi connectivity index (χ4v) is 3.99. The molecule has 0 spiro atoms. The van der Waals surface area contributed by atoms with Crippen LogP contribution in [0.15, 0.2) is 60.7 Å². The standard InChI is InChI=1S/C25H29N3O/c1-3-27-13-15-28(16-14-27)25-24-12-8-7-11-21(24)17-23(26-25)18-22(19-29-2)20-9-5-4-6-10-20/h4-12,17-18H,3,13-16,19H2,1-2H3. The number of nitrogens with zero attached hydrogens (tertiary/aromatic N) is 3. The van der Waals surface area contributed by atoms with E-state index in [0.29, 0.717) is 6.61 Å². The highest BCUT2D eigenvalue weighted by Crippen LogP contribution is 2.28. The third-order valence-electron chi connectivity index (χ3n) is 5.63. The molecule has 150 valence electrons. The Morgan fingerprint density at radius 2 is 1.72 bits per heavy atom. The van der Waals surface area contributed by atoms with Gasteiger partial charge in [0, 0.05) is 38.7 Å². The van der Waals surface area contributed by atoms with E-state index >= 15 is 0 Å². The van der Waals surface area contributed by atoms with Gasteiger partial charge < -0.3 is 14.5 Å². The predicted molar refractivity (Wildman–Crippen MR) is 122 cm³/mol. The second-order valence-corrected chi connectivity index (χ2v) is 7.48. The van der Waals surface area contributed by atoms with Gasteiger partial charge in [-0.2, -0.15) is 0 Å². The van der Waals surface area contributed by atoms with E-state index in [0.717, 1.165) is 49.8 Å². The number of pyridine rings is 1. The normalized spacial score (nSPS) is 15.8. The summed E-state index contributed by atoms with van der Waals surface area (Å²) in [4.78, 5) is 10.0. The number of benzene rings is 2. The zero-order valence-electron chi connectivity index (χ0n) is 17.3. The Bertz CT molecular complexity index is 976. The number of ether oxygens (including phenoxy) is 1. The van der Waals surface area contributed by atoms with Crippen molar-refractivity contribution in [3.8, 4) is 0 Å². The van der Waals surface area contributed by atoms with Crippen molar-refractivity contribution < 1.29 is 4.74 Å². The van der Waals surface area contributed by atoms with Gasteiger partial charge in [0.25, 0.3) is 0 Å². The molecule has 0 bridgehead atoms. The van der Waals surface area contributed by atoms with Gasteiger partial charge in [0.2, 0.25) is 0 Å². The van der Waals surface area contributed by atoms with Crippen LogP contribution in [0.1, 0.15) is 18.2 Å². The van der Waals surface area contributed by atoms with E-state index in [1.165, 1.54) is 16.3 Å².